The Morgan fingerprint density at radius 3 is 1.63 bits per heavy atom. The summed E-state index contributed by atoms with van der Waals surface area (Å²) >= 11 is 0. The van der Waals surface area contributed by atoms with Gasteiger partial charge in [-0.25, -0.2) is 19.3 Å². The van der Waals surface area contributed by atoms with Crippen LogP contribution in [-0.2, 0) is 23.8 Å². The number of nitrogens with zero attached hydrogens (tertiary/aromatic N) is 3. The van der Waals surface area contributed by atoms with E-state index in [1.807, 2.05) is 0 Å². The molecule has 0 unspecified atom stereocenters. The van der Waals surface area contributed by atoms with Crippen LogP contribution in [-0.4, -0.2) is 106 Å². The topological polar surface area (TPSA) is 135 Å². The van der Waals surface area contributed by atoms with E-state index in [2.05, 4.69) is 0 Å². The van der Waals surface area contributed by atoms with Gasteiger partial charge in [-0.3, -0.25) is 9.59 Å². The largest absolute Gasteiger partial charge is 0.471 e. The number of alkyl halides is 3. The molecule has 0 aromatic heterocycles. The van der Waals surface area contributed by atoms with Crippen molar-refractivity contribution in [3.63, 3.8) is 0 Å². The molecular weight excluding hydrogens is 577 g/mol. The minimum atomic E-state index is -5.27. The molecule has 0 aromatic carbocycles. The van der Waals surface area contributed by atoms with Gasteiger partial charge in [-0.05, 0) is 83.1 Å². The Bertz CT molecular complexity index is 1020. The number of esters is 1. The van der Waals surface area contributed by atoms with E-state index < -0.39 is 84.2 Å². The van der Waals surface area contributed by atoms with Gasteiger partial charge in [-0.2, -0.15) is 13.2 Å². The molecule has 43 heavy (non-hydrogen) atoms. The molecule has 1 N–H and O–H groups in total. The van der Waals surface area contributed by atoms with Gasteiger partial charge < -0.3 is 29.3 Å². The fourth-order valence-corrected chi connectivity index (χ4v) is 4.43. The third-order valence-electron chi connectivity index (χ3n) is 5.97. The smallest absolute Gasteiger partial charge is 0.460 e. The predicted octanol–water partition coefficient (Wildman–Crippen LogP) is 4.70. The number of carbonyl (C=O) groups excluding carboxylic acids is 5. The van der Waals surface area contributed by atoms with Gasteiger partial charge >= 0.3 is 36.3 Å². The van der Waals surface area contributed by atoms with Crippen molar-refractivity contribution < 1.29 is 51.4 Å². The second-order valence-corrected chi connectivity index (χ2v) is 13.6. The summed E-state index contributed by atoms with van der Waals surface area (Å²) in [6, 6.07) is -4.21. The van der Waals surface area contributed by atoms with Gasteiger partial charge in [0.1, 0.15) is 16.8 Å². The second kappa shape index (κ2) is 13.6. The van der Waals surface area contributed by atoms with Gasteiger partial charge in [-0.15, -0.1) is 0 Å². The average Bonchev–Trinajstić information content (AvgIpc) is 3.12. The molecule has 0 aliphatic carbocycles. The van der Waals surface area contributed by atoms with Crippen LogP contribution >= 0.6 is 0 Å². The molecule has 0 bridgehead atoms. The molecule has 248 valence electrons. The van der Waals surface area contributed by atoms with Crippen LogP contribution in [0.3, 0.4) is 0 Å². The number of ether oxygens (including phenoxy) is 3. The number of nitrogens with one attached hydrogen (secondary N) is 1. The van der Waals surface area contributed by atoms with Crippen LogP contribution in [0.5, 0.6) is 0 Å². The van der Waals surface area contributed by atoms with Crippen molar-refractivity contribution >= 4 is 30.1 Å². The Kier molecular flexibility index (Phi) is 11.9. The molecule has 0 aromatic rings. The number of likely N-dealkylation sites (tertiary alicyclic amines) is 1. The van der Waals surface area contributed by atoms with E-state index in [1.165, 1.54) is 46.4 Å². The van der Waals surface area contributed by atoms with Crippen LogP contribution in [0.2, 0.25) is 0 Å². The van der Waals surface area contributed by atoms with E-state index in [4.69, 9.17) is 14.2 Å². The number of amides is 5. The summed E-state index contributed by atoms with van der Waals surface area (Å²) in [6.07, 6.45) is -7.80. The van der Waals surface area contributed by atoms with Crippen LogP contribution < -0.4 is 5.32 Å². The van der Waals surface area contributed by atoms with Crippen molar-refractivity contribution in [3.8, 4) is 0 Å². The summed E-state index contributed by atoms with van der Waals surface area (Å²) in [5, 5.41) is 1.74. The van der Waals surface area contributed by atoms with Gasteiger partial charge in [0.25, 0.3) is 0 Å². The maximum atomic E-state index is 13.8. The standard InChI is InChI=1S/C28H47F3N4O8/c1-13-33(16(2)3)22(38)34-15-17(20(36)41-25(4,5)6)19(18(34)14-32-21(37)28(29,30)31)35(23(39)42-26(7,8)9)24(40)43-27(10,11)12/h16-19H,13-15H2,1-12H3,(H,32,37)/t17-,18+,19-/m1/s1. The Morgan fingerprint density at radius 1 is 0.837 bits per heavy atom. The Hall–Kier alpha value is -3.26. The van der Waals surface area contributed by atoms with E-state index >= 15 is 0 Å². The van der Waals surface area contributed by atoms with E-state index in [0.717, 1.165) is 4.90 Å². The Labute approximate surface area is 251 Å². The first-order chi connectivity index (χ1) is 19.2. The summed E-state index contributed by atoms with van der Waals surface area (Å²) in [5.74, 6) is -4.68. The molecule has 1 heterocycles. The van der Waals surface area contributed by atoms with Crippen molar-refractivity contribution in [2.24, 2.45) is 5.92 Å². The normalized spacial score (nSPS) is 19.5. The monoisotopic (exact) mass is 624 g/mol. The highest BCUT2D eigenvalue weighted by atomic mass is 19.4. The van der Waals surface area contributed by atoms with Crippen molar-refractivity contribution in [1.29, 1.82) is 0 Å². The first kappa shape index (κ1) is 37.8. The SMILES string of the molecule is CCN(C(=O)N1C[C@@H](C(=O)OC(C)(C)C)[C@@H](N(C(=O)OC(C)(C)C)C(=O)OC(C)(C)C)[C@@H]1CNC(=O)C(F)(F)F)C(C)C. The number of hydrogen-bond donors (Lipinski definition) is 1. The van der Waals surface area contributed by atoms with Crippen LogP contribution in [0.1, 0.15) is 83.1 Å². The zero-order valence-corrected chi connectivity index (χ0v) is 27.2. The first-order valence-electron chi connectivity index (χ1n) is 14.1. The minimum absolute atomic E-state index is 0.193. The highest BCUT2D eigenvalue weighted by Crippen LogP contribution is 2.34. The molecule has 1 aliphatic rings. The molecule has 1 aliphatic heterocycles. The van der Waals surface area contributed by atoms with Crippen molar-refractivity contribution in [3.05, 3.63) is 0 Å². The zero-order valence-electron chi connectivity index (χ0n) is 27.2. The number of rotatable bonds is 6. The fraction of sp³-hybridized carbons (Fsp3) is 0.821. The molecule has 0 spiro atoms. The summed E-state index contributed by atoms with van der Waals surface area (Å²) in [4.78, 5) is 69.5. The molecule has 1 rings (SSSR count). The zero-order chi connectivity index (χ0) is 33.9. The number of imide groups is 1. The van der Waals surface area contributed by atoms with Crippen LogP contribution in [0.4, 0.5) is 27.6 Å². The molecule has 5 amide bonds. The van der Waals surface area contributed by atoms with E-state index in [1.54, 1.807) is 46.9 Å². The molecule has 15 heteroatoms. The highest BCUT2D eigenvalue weighted by Gasteiger charge is 2.56. The molecule has 0 radical (unpaired) electrons. The molecule has 1 fully saturated rings. The molecule has 0 saturated carbocycles. The maximum Gasteiger partial charge on any atom is 0.471 e. The Morgan fingerprint density at radius 2 is 1.28 bits per heavy atom. The van der Waals surface area contributed by atoms with Crippen molar-refractivity contribution in [2.45, 2.75) is 124 Å². The number of halogens is 3. The van der Waals surface area contributed by atoms with E-state index in [0.29, 0.717) is 4.90 Å². The quantitative estimate of drug-likeness (QED) is 0.332. The van der Waals surface area contributed by atoms with Crippen LogP contribution in [0.25, 0.3) is 0 Å². The molecular formula is C28H47F3N4O8. The molecule has 12 nitrogen and oxygen atoms in total. The van der Waals surface area contributed by atoms with Gasteiger partial charge in [0, 0.05) is 25.7 Å². The predicted molar refractivity (Wildman–Crippen MR) is 150 cm³/mol. The Balaban J connectivity index is 3.96. The lowest BCUT2D eigenvalue weighted by Crippen LogP contribution is -2.60. The summed E-state index contributed by atoms with van der Waals surface area (Å²) < 4.78 is 56.1. The molecule has 3 atom stereocenters. The fourth-order valence-electron chi connectivity index (χ4n) is 4.43. The minimum Gasteiger partial charge on any atom is -0.460 e. The van der Waals surface area contributed by atoms with Crippen LogP contribution in [0, 0.1) is 5.92 Å². The lowest BCUT2D eigenvalue weighted by Gasteiger charge is -2.38. The summed E-state index contributed by atoms with van der Waals surface area (Å²) in [7, 11) is 0. The maximum absolute atomic E-state index is 13.8. The average molecular weight is 625 g/mol. The number of urea groups is 1. The van der Waals surface area contributed by atoms with Gasteiger partial charge in [0.2, 0.25) is 0 Å². The van der Waals surface area contributed by atoms with Crippen molar-refractivity contribution in [1.82, 2.24) is 20.0 Å². The van der Waals surface area contributed by atoms with Gasteiger partial charge in [0.15, 0.2) is 0 Å². The van der Waals surface area contributed by atoms with Gasteiger partial charge in [-0.1, -0.05) is 0 Å². The highest BCUT2D eigenvalue weighted by molar-refractivity contribution is 5.91. The van der Waals surface area contributed by atoms with Crippen molar-refractivity contribution in [2.75, 3.05) is 19.6 Å². The lowest BCUT2D eigenvalue weighted by atomic mass is 9.96. The lowest BCUT2D eigenvalue weighted by molar-refractivity contribution is -0.173. The number of carbonyl (C=O) groups is 5. The molecule has 1 saturated heterocycles. The summed E-state index contributed by atoms with van der Waals surface area (Å²) in [5.41, 5.74) is -3.35. The third-order valence-corrected chi connectivity index (χ3v) is 5.97. The summed E-state index contributed by atoms with van der Waals surface area (Å²) in [6.45, 7) is 17.9. The van der Waals surface area contributed by atoms with Gasteiger partial charge in [0.05, 0.1) is 18.0 Å². The third kappa shape index (κ3) is 11.1. The number of hydrogen-bond acceptors (Lipinski definition) is 8. The van der Waals surface area contributed by atoms with E-state index in [-0.39, 0.29) is 12.6 Å². The second-order valence-electron chi connectivity index (χ2n) is 13.6. The first-order valence-corrected chi connectivity index (χ1v) is 14.1. The van der Waals surface area contributed by atoms with E-state index in [9.17, 15) is 37.1 Å². The van der Waals surface area contributed by atoms with Crippen LogP contribution in [0.15, 0.2) is 0 Å².